The van der Waals surface area contributed by atoms with Gasteiger partial charge in [0, 0.05) is 19.7 Å². The van der Waals surface area contributed by atoms with Crippen LogP contribution in [0.5, 0.6) is 0 Å². The molecule has 0 radical (unpaired) electrons. The molecule has 1 fully saturated rings. The van der Waals surface area contributed by atoms with E-state index in [0.717, 1.165) is 16.9 Å². The van der Waals surface area contributed by atoms with Gasteiger partial charge < -0.3 is 4.90 Å². The van der Waals surface area contributed by atoms with E-state index in [1.54, 1.807) is 0 Å². The lowest BCUT2D eigenvalue weighted by molar-refractivity contribution is -0.119. The van der Waals surface area contributed by atoms with Crippen LogP contribution in [0.4, 0.5) is 11.4 Å². The molecule has 0 bridgehead atoms. The van der Waals surface area contributed by atoms with Gasteiger partial charge in [-0.1, -0.05) is 11.6 Å². The quantitative estimate of drug-likeness (QED) is 0.849. The molecule has 1 N–H and O–H groups in total. The van der Waals surface area contributed by atoms with Gasteiger partial charge in [0.05, 0.1) is 22.9 Å². The molecule has 1 atom stereocenters. The van der Waals surface area contributed by atoms with Crippen LogP contribution in [0.3, 0.4) is 0 Å². The van der Waals surface area contributed by atoms with Crippen LogP contribution in [0.15, 0.2) is 17.1 Å². The van der Waals surface area contributed by atoms with E-state index in [0.29, 0.717) is 17.5 Å². The average molecular weight is 279 g/mol. The summed E-state index contributed by atoms with van der Waals surface area (Å²) in [5.74, 6) is 0.595. The van der Waals surface area contributed by atoms with Crippen LogP contribution in [0.1, 0.15) is 12.5 Å². The van der Waals surface area contributed by atoms with Gasteiger partial charge in [-0.2, -0.15) is 0 Å². The Morgan fingerprint density at radius 1 is 1.47 bits per heavy atom. The second-order valence-corrected chi connectivity index (χ2v) is 5.34. The van der Waals surface area contributed by atoms with Crippen molar-refractivity contribution in [2.24, 2.45) is 4.99 Å². The zero-order chi connectivity index (χ0) is 13.7. The number of rotatable bonds is 1. The van der Waals surface area contributed by atoms with Crippen LogP contribution < -0.4 is 15.1 Å². The monoisotopic (exact) mass is 278 g/mol. The number of guanidine groups is 1. The number of halogens is 1. The largest absolute Gasteiger partial charge is 0.376 e. The SMILES string of the molecule is CC1C(=O)NC2=NCc3c(ccc(N(C)C)c3Cl)N21. The first kappa shape index (κ1) is 12.3. The highest BCUT2D eigenvalue weighted by atomic mass is 35.5. The molecule has 2 heterocycles. The van der Waals surface area contributed by atoms with Crippen molar-refractivity contribution in [2.45, 2.75) is 19.5 Å². The number of benzene rings is 1. The molecule has 0 spiro atoms. The Morgan fingerprint density at radius 3 is 2.89 bits per heavy atom. The topological polar surface area (TPSA) is 47.9 Å². The fourth-order valence-electron chi connectivity index (χ4n) is 2.49. The third-order valence-electron chi connectivity index (χ3n) is 3.56. The van der Waals surface area contributed by atoms with Gasteiger partial charge in [-0.05, 0) is 19.1 Å². The fraction of sp³-hybridized carbons (Fsp3) is 0.385. The molecule has 1 aromatic carbocycles. The number of hydrogen-bond donors (Lipinski definition) is 1. The molecule has 19 heavy (non-hydrogen) atoms. The van der Waals surface area contributed by atoms with Crippen molar-refractivity contribution in [3.8, 4) is 0 Å². The molecular formula is C13H15ClN4O. The van der Waals surface area contributed by atoms with Gasteiger partial charge in [0.1, 0.15) is 6.04 Å². The smallest absolute Gasteiger partial charge is 0.249 e. The van der Waals surface area contributed by atoms with Crippen LogP contribution in [-0.2, 0) is 11.3 Å². The van der Waals surface area contributed by atoms with Crippen molar-refractivity contribution in [3.05, 3.63) is 22.7 Å². The molecule has 6 heteroatoms. The minimum atomic E-state index is -0.251. The summed E-state index contributed by atoms with van der Waals surface area (Å²) in [6.07, 6.45) is 0. The summed E-state index contributed by atoms with van der Waals surface area (Å²) in [4.78, 5) is 20.0. The highest BCUT2D eigenvalue weighted by Gasteiger charge is 2.38. The molecule has 2 aliphatic heterocycles. The summed E-state index contributed by atoms with van der Waals surface area (Å²) in [5.41, 5.74) is 2.90. The summed E-state index contributed by atoms with van der Waals surface area (Å²) in [6, 6.07) is 3.72. The normalized spacial score (nSPS) is 20.6. The number of aliphatic imine (C=N–C) groups is 1. The molecule has 1 amide bonds. The third kappa shape index (κ3) is 1.69. The Hall–Kier alpha value is -1.75. The molecule has 3 rings (SSSR count). The highest BCUT2D eigenvalue weighted by molar-refractivity contribution is 6.35. The zero-order valence-electron chi connectivity index (χ0n) is 11.1. The molecule has 2 aliphatic rings. The minimum absolute atomic E-state index is 0.0283. The van der Waals surface area contributed by atoms with E-state index in [9.17, 15) is 4.79 Å². The minimum Gasteiger partial charge on any atom is -0.376 e. The van der Waals surface area contributed by atoms with E-state index < -0.39 is 0 Å². The molecule has 0 saturated carbocycles. The summed E-state index contributed by atoms with van der Waals surface area (Å²) in [7, 11) is 3.91. The molecular weight excluding hydrogens is 264 g/mol. The molecule has 1 saturated heterocycles. The number of carbonyl (C=O) groups excluding carboxylic acids is 1. The molecule has 1 aromatic rings. The Morgan fingerprint density at radius 2 is 2.21 bits per heavy atom. The second-order valence-electron chi connectivity index (χ2n) is 4.97. The van der Waals surface area contributed by atoms with E-state index in [4.69, 9.17) is 11.6 Å². The predicted octanol–water partition coefficient (Wildman–Crippen LogP) is 1.60. The molecule has 5 nitrogen and oxygen atoms in total. The Labute approximate surface area is 116 Å². The van der Waals surface area contributed by atoms with E-state index in [1.807, 2.05) is 43.0 Å². The van der Waals surface area contributed by atoms with Crippen molar-refractivity contribution in [1.82, 2.24) is 5.32 Å². The summed E-state index contributed by atoms with van der Waals surface area (Å²) < 4.78 is 0. The van der Waals surface area contributed by atoms with Crippen molar-refractivity contribution >= 4 is 34.8 Å². The van der Waals surface area contributed by atoms with Crippen LogP contribution in [-0.4, -0.2) is 32.0 Å². The van der Waals surface area contributed by atoms with Crippen LogP contribution >= 0.6 is 11.6 Å². The van der Waals surface area contributed by atoms with Crippen LogP contribution in [0.25, 0.3) is 0 Å². The first-order chi connectivity index (χ1) is 9.00. The van der Waals surface area contributed by atoms with E-state index in [-0.39, 0.29) is 11.9 Å². The number of carbonyl (C=O) groups is 1. The molecule has 1 unspecified atom stereocenters. The number of fused-ring (bicyclic) bond motifs is 3. The number of nitrogens with zero attached hydrogens (tertiary/aromatic N) is 3. The summed E-state index contributed by atoms with van der Waals surface area (Å²) in [5, 5.41) is 3.49. The van der Waals surface area contributed by atoms with Crippen molar-refractivity contribution in [1.29, 1.82) is 0 Å². The lowest BCUT2D eigenvalue weighted by Gasteiger charge is -2.29. The Kier molecular flexibility index (Phi) is 2.67. The van der Waals surface area contributed by atoms with Gasteiger partial charge >= 0.3 is 0 Å². The molecule has 100 valence electrons. The lowest BCUT2D eigenvalue weighted by Crippen LogP contribution is -2.37. The highest BCUT2D eigenvalue weighted by Crippen LogP contribution is 2.39. The Bertz CT molecular complexity index is 597. The van der Waals surface area contributed by atoms with Gasteiger partial charge in [0.25, 0.3) is 0 Å². The summed E-state index contributed by atoms with van der Waals surface area (Å²) in [6.45, 7) is 2.36. The van der Waals surface area contributed by atoms with Gasteiger partial charge in [0.2, 0.25) is 11.9 Å². The average Bonchev–Trinajstić information content (AvgIpc) is 2.65. The van der Waals surface area contributed by atoms with Crippen molar-refractivity contribution in [3.63, 3.8) is 0 Å². The fourth-order valence-corrected chi connectivity index (χ4v) is 2.88. The maximum absolute atomic E-state index is 11.7. The van der Waals surface area contributed by atoms with Crippen LogP contribution in [0, 0.1) is 0 Å². The van der Waals surface area contributed by atoms with E-state index in [1.165, 1.54) is 0 Å². The maximum Gasteiger partial charge on any atom is 0.249 e. The molecule has 0 aliphatic carbocycles. The van der Waals surface area contributed by atoms with Crippen molar-refractivity contribution < 1.29 is 4.79 Å². The van der Waals surface area contributed by atoms with Crippen molar-refractivity contribution in [2.75, 3.05) is 23.9 Å². The van der Waals surface area contributed by atoms with E-state index >= 15 is 0 Å². The zero-order valence-corrected chi connectivity index (χ0v) is 11.8. The van der Waals surface area contributed by atoms with Gasteiger partial charge in [-0.15, -0.1) is 0 Å². The predicted molar refractivity (Wildman–Crippen MR) is 77.0 cm³/mol. The van der Waals surface area contributed by atoms with Gasteiger partial charge in [-0.3, -0.25) is 15.0 Å². The molecule has 0 aromatic heterocycles. The lowest BCUT2D eigenvalue weighted by atomic mass is 10.1. The van der Waals surface area contributed by atoms with Gasteiger partial charge in [0.15, 0.2) is 0 Å². The van der Waals surface area contributed by atoms with E-state index in [2.05, 4.69) is 10.3 Å². The number of nitrogens with one attached hydrogen (secondary N) is 1. The summed E-state index contributed by atoms with van der Waals surface area (Å²) >= 11 is 6.45. The number of amides is 1. The second kappa shape index (κ2) is 4.13. The third-order valence-corrected chi connectivity index (χ3v) is 3.98. The van der Waals surface area contributed by atoms with Gasteiger partial charge in [-0.25, -0.2) is 4.99 Å². The Balaban J connectivity index is 2.13. The maximum atomic E-state index is 11.7. The van der Waals surface area contributed by atoms with Crippen LogP contribution in [0.2, 0.25) is 5.02 Å². The standard InChI is InChI=1S/C13H15ClN4O/c1-7-12(19)16-13-15-6-8-9(18(7)13)4-5-10(11(8)14)17(2)3/h4-5,7H,6H2,1-3H3,(H,15,16,19). The first-order valence-corrected chi connectivity index (χ1v) is 6.51. The number of anilines is 2. The first-order valence-electron chi connectivity index (χ1n) is 6.14. The number of hydrogen-bond acceptors (Lipinski definition) is 4.